The highest BCUT2D eigenvalue weighted by atomic mass is 16.3. The monoisotopic (exact) mass is 314 g/mol. The molecular weight excluding hydrogens is 296 g/mol. The van der Waals surface area contributed by atoms with Crippen molar-refractivity contribution in [1.82, 2.24) is 34.6 Å². The summed E-state index contributed by atoms with van der Waals surface area (Å²) in [6.07, 6.45) is 6.51. The fourth-order valence-electron chi connectivity index (χ4n) is 3.19. The number of anilines is 1. The van der Waals surface area contributed by atoms with Crippen LogP contribution in [0, 0.1) is 6.92 Å². The first-order valence-electron chi connectivity index (χ1n) is 7.62. The molecule has 3 aromatic heterocycles. The number of β-amino-alcohol motifs (C(OH)–C–C–N with tert-alkyl or cyclic N) is 1. The van der Waals surface area contributed by atoms with E-state index in [1.54, 1.807) is 21.6 Å². The van der Waals surface area contributed by atoms with Crippen LogP contribution in [-0.2, 0) is 6.54 Å². The largest absolute Gasteiger partial charge is 0.386 e. The van der Waals surface area contributed by atoms with Crippen molar-refractivity contribution in [2.75, 3.05) is 18.0 Å². The van der Waals surface area contributed by atoms with Crippen LogP contribution in [0.25, 0.3) is 5.78 Å². The lowest BCUT2D eigenvalue weighted by molar-refractivity contribution is 0.00576. The zero-order valence-electron chi connectivity index (χ0n) is 12.9. The van der Waals surface area contributed by atoms with Gasteiger partial charge < -0.3 is 10.0 Å². The number of hydrogen-bond acceptors (Lipinski definition) is 7. The van der Waals surface area contributed by atoms with Gasteiger partial charge in [0.1, 0.15) is 17.7 Å². The van der Waals surface area contributed by atoms with Crippen molar-refractivity contribution < 1.29 is 5.11 Å². The Bertz CT molecular complexity index is 813. The number of nitrogens with zero attached hydrogens (tertiary/aromatic N) is 8. The summed E-state index contributed by atoms with van der Waals surface area (Å²) in [4.78, 5) is 10.7. The zero-order valence-corrected chi connectivity index (χ0v) is 12.9. The molecule has 0 aliphatic carbocycles. The van der Waals surface area contributed by atoms with Crippen LogP contribution in [0.5, 0.6) is 0 Å². The molecule has 1 aliphatic rings. The normalized spacial score (nSPS) is 21.9. The number of rotatable bonds is 3. The fourth-order valence-corrected chi connectivity index (χ4v) is 3.19. The Kier molecular flexibility index (Phi) is 3.22. The van der Waals surface area contributed by atoms with Crippen molar-refractivity contribution in [2.45, 2.75) is 31.9 Å². The lowest BCUT2D eigenvalue weighted by Gasteiger charge is -2.40. The Labute approximate surface area is 132 Å². The van der Waals surface area contributed by atoms with E-state index >= 15 is 0 Å². The molecule has 1 unspecified atom stereocenters. The standard InChI is InChI=1S/C14H18N8O/c1-11-7-12(22-13(18-11)15-10-17-22)20-5-2-3-14(23,8-20)9-21-6-4-16-19-21/h4,6-7,10,23H,2-3,5,8-9H2,1H3. The maximum atomic E-state index is 11.0. The van der Waals surface area contributed by atoms with Gasteiger partial charge in [0.2, 0.25) is 0 Å². The molecule has 1 aliphatic heterocycles. The molecule has 1 N–H and O–H groups in total. The first-order chi connectivity index (χ1) is 11.1. The lowest BCUT2D eigenvalue weighted by atomic mass is 9.93. The van der Waals surface area contributed by atoms with E-state index in [-0.39, 0.29) is 0 Å². The summed E-state index contributed by atoms with van der Waals surface area (Å²) in [7, 11) is 0. The molecule has 1 fully saturated rings. The summed E-state index contributed by atoms with van der Waals surface area (Å²) >= 11 is 0. The molecule has 0 bridgehead atoms. The lowest BCUT2D eigenvalue weighted by Crippen LogP contribution is -2.51. The SMILES string of the molecule is Cc1cc(N2CCCC(O)(Cn3ccnn3)C2)n2ncnc2n1. The predicted molar refractivity (Wildman–Crippen MR) is 81.9 cm³/mol. The van der Waals surface area contributed by atoms with Gasteiger partial charge >= 0.3 is 0 Å². The summed E-state index contributed by atoms with van der Waals surface area (Å²) in [6, 6.07) is 1.98. The minimum atomic E-state index is -0.851. The average molecular weight is 314 g/mol. The van der Waals surface area contributed by atoms with Crippen LogP contribution in [-0.4, -0.2) is 58.4 Å². The molecule has 0 aromatic carbocycles. The molecule has 3 aromatic rings. The number of piperidine rings is 1. The minimum absolute atomic E-state index is 0.425. The summed E-state index contributed by atoms with van der Waals surface area (Å²) < 4.78 is 3.39. The number of aromatic nitrogens is 7. The molecule has 1 saturated heterocycles. The van der Waals surface area contributed by atoms with Crippen LogP contribution in [0.2, 0.25) is 0 Å². The molecule has 0 radical (unpaired) electrons. The molecule has 1 atom stereocenters. The van der Waals surface area contributed by atoms with Crippen LogP contribution in [0.15, 0.2) is 24.8 Å². The van der Waals surface area contributed by atoms with E-state index in [2.05, 4.69) is 30.3 Å². The molecule has 0 spiro atoms. The molecule has 23 heavy (non-hydrogen) atoms. The van der Waals surface area contributed by atoms with Gasteiger partial charge in [0.05, 0.1) is 12.7 Å². The van der Waals surface area contributed by atoms with Gasteiger partial charge in [0.25, 0.3) is 5.78 Å². The number of aliphatic hydroxyl groups is 1. The quantitative estimate of drug-likeness (QED) is 0.730. The van der Waals surface area contributed by atoms with Crippen molar-refractivity contribution in [2.24, 2.45) is 0 Å². The third-order valence-corrected chi connectivity index (χ3v) is 4.17. The number of aryl methyl sites for hydroxylation is 1. The second kappa shape index (κ2) is 5.27. The van der Waals surface area contributed by atoms with Gasteiger partial charge in [0, 0.05) is 31.0 Å². The molecule has 120 valence electrons. The van der Waals surface area contributed by atoms with Gasteiger partial charge in [-0.3, -0.25) is 0 Å². The van der Waals surface area contributed by atoms with E-state index in [1.165, 1.54) is 6.33 Å². The average Bonchev–Trinajstić information content (AvgIpc) is 3.17. The number of fused-ring (bicyclic) bond motifs is 1. The van der Waals surface area contributed by atoms with Gasteiger partial charge in [-0.25, -0.2) is 9.67 Å². The molecular formula is C14H18N8O. The summed E-state index contributed by atoms with van der Waals surface area (Å²) in [5, 5.41) is 23.0. The van der Waals surface area contributed by atoms with Crippen molar-refractivity contribution >= 4 is 11.6 Å². The molecule has 4 heterocycles. The summed E-state index contributed by atoms with van der Waals surface area (Å²) in [5.41, 5.74) is 0.0293. The van der Waals surface area contributed by atoms with Gasteiger partial charge in [-0.2, -0.15) is 14.6 Å². The Morgan fingerprint density at radius 2 is 2.30 bits per heavy atom. The van der Waals surface area contributed by atoms with Crippen molar-refractivity contribution in [3.05, 3.63) is 30.5 Å². The van der Waals surface area contributed by atoms with E-state index in [4.69, 9.17) is 0 Å². The fraction of sp³-hybridized carbons (Fsp3) is 0.500. The van der Waals surface area contributed by atoms with Gasteiger partial charge in [0.15, 0.2) is 0 Å². The Morgan fingerprint density at radius 1 is 1.39 bits per heavy atom. The molecule has 9 heteroatoms. The molecule has 4 rings (SSSR count). The van der Waals surface area contributed by atoms with Crippen molar-refractivity contribution in [3.63, 3.8) is 0 Å². The maximum absolute atomic E-state index is 11.0. The van der Waals surface area contributed by atoms with E-state index in [0.29, 0.717) is 18.9 Å². The summed E-state index contributed by atoms with van der Waals surface area (Å²) in [5.74, 6) is 1.48. The highest BCUT2D eigenvalue weighted by Crippen LogP contribution is 2.27. The highest BCUT2D eigenvalue weighted by molar-refractivity contribution is 5.47. The maximum Gasteiger partial charge on any atom is 0.254 e. The third-order valence-electron chi connectivity index (χ3n) is 4.17. The second-order valence-corrected chi connectivity index (χ2v) is 6.08. The Morgan fingerprint density at radius 3 is 3.13 bits per heavy atom. The van der Waals surface area contributed by atoms with Crippen LogP contribution in [0.4, 0.5) is 5.82 Å². The van der Waals surface area contributed by atoms with Gasteiger partial charge in [-0.05, 0) is 19.8 Å². The van der Waals surface area contributed by atoms with E-state index in [1.807, 2.05) is 13.0 Å². The van der Waals surface area contributed by atoms with Crippen LogP contribution >= 0.6 is 0 Å². The Hall–Kier alpha value is -2.55. The number of hydrogen-bond donors (Lipinski definition) is 1. The third kappa shape index (κ3) is 2.63. The molecule has 0 saturated carbocycles. The van der Waals surface area contributed by atoms with Crippen LogP contribution in [0.3, 0.4) is 0 Å². The predicted octanol–water partition coefficient (Wildman–Crippen LogP) is 0.0557. The van der Waals surface area contributed by atoms with Crippen LogP contribution < -0.4 is 4.90 Å². The zero-order chi connectivity index (χ0) is 15.9. The van der Waals surface area contributed by atoms with Crippen LogP contribution in [0.1, 0.15) is 18.5 Å². The second-order valence-electron chi connectivity index (χ2n) is 6.08. The highest BCUT2D eigenvalue weighted by Gasteiger charge is 2.35. The van der Waals surface area contributed by atoms with Crippen molar-refractivity contribution in [1.29, 1.82) is 0 Å². The van der Waals surface area contributed by atoms with Gasteiger partial charge in [-0.15, -0.1) is 5.10 Å². The van der Waals surface area contributed by atoms with E-state index < -0.39 is 5.60 Å². The topological polar surface area (TPSA) is 97.3 Å². The van der Waals surface area contributed by atoms with Crippen molar-refractivity contribution in [3.8, 4) is 0 Å². The Balaban J connectivity index is 1.64. The molecule has 0 amide bonds. The minimum Gasteiger partial charge on any atom is -0.386 e. The first kappa shape index (κ1) is 14.1. The first-order valence-corrected chi connectivity index (χ1v) is 7.62. The smallest absolute Gasteiger partial charge is 0.254 e. The summed E-state index contributed by atoms with van der Waals surface area (Å²) in [6.45, 7) is 3.72. The van der Waals surface area contributed by atoms with E-state index in [0.717, 1.165) is 30.9 Å². The molecule has 9 nitrogen and oxygen atoms in total. The van der Waals surface area contributed by atoms with E-state index in [9.17, 15) is 5.11 Å². The van der Waals surface area contributed by atoms with Gasteiger partial charge in [-0.1, -0.05) is 5.21 Å².